The van der Waals surface area contributed by atoms with Crippen LogP contribution in [0.15, 0.2) is 46.6 Å². The van der Waals surface area contributed by atoms with E-state index in [0.717, 1.165) is 53.8 Å². The van der Waals surface area contributed by atoms with Crippen LogP contribution in [0, 0.1) is 5.41 Å². The first-order chi connectivity index (χ1) is 13.6. The van der Waals surface area contributed by atoms with Crippen molar-refractivity contribution in [2.75, 3.05) is 13.1 Å². The number of nitrogens with one attached hydrogen (secondary N) is 3. The molecule has 6 nitrogen and oxygen atoms in total. The zero-order valence-electron chi connectivity index (χ0n) is 17.3. The van der Waals surface area contributed by atoms with Gasteiger partial charge in [-0.05, 0) is 43.2 Å². The highest BCUT2D eigenvalue weighted by Crippen LogP contribution is 2.17. The van der Waals surface area contributed by atoms with Crippen LogP contribution < -0.4 is 10.6 Å². The van der Waals surface area contributed by atoms with Gasteiger partial charge in [0, 0.05) is 49.4 Å². The molecule has 0 saturated carbocycles. The van der Waals surface area contributed by atoms with Crippen LogP contribution in [-0.4, -0.2) is 35.0 Å². The van der Waals surface area contributed by atoms with Crippen LogP contribution in [0.5, 0.6) is 0 Å². The van der Waals surface area contributed by atoms with Crippen molar-refractivity contribution in [3.63, 3.8) is 0 Å². The summed E-state index contributed by atoms with van der Waals surface area (Å²) in [5.74, 6) is 3.12. The van der Waals surface area contributed by atoms with E-state index in [9.17, 15) is 0 Å². The molecule has 0 radical (unpaired) electrons. The lowest BCUT2D eigenvalue weighted by molar-refractivity contribution is 0.342. The van der Waals surface area contributed by atoms with Gasteiger partial charge in [0.1, 0.15) is 17.5 Å². The first-order valence-corrected chi connectivity index (χ1v) is 10.4. The summed E-state index contributed by atoms with van der Waals surface area (Å²) in [6.07, 6.45) is 9.91. The lowest BCUT2D eigenvalue weighted by Crippen LogP contribution is -2.39. The molecule has 28 heavy (non-hydrogen) atoms. The van der Waals surface area contributed by atoms with Gasteiger partial charge >= 0.3 is 0 Å². The molecular weight excluding hydrogens is 348 g/mol. The largest absolute Gasteiger partial charge is 0.367 e. The van der Waals surface area contributed by atoms with E-state index < -0.39 is 0 Å². The Morgan fingerprint density at radius 1 is 1.29 bits per heavy atom. The molecular formula is C22H32N6. The van der Waals surface area contributed by atoms with Crippen molar-refractivity contribution in [3.8, 4) is 0 Å². The van der Waals surface area contributed by atoms with E-state index in [1.54, 1.807) is 0 Å². The Morgan fingerprint density at radius 3 is 2.68 bits per heavy atom. The third kappa shape index (κ3) is 5.00. The predicted molar refractivity (Wildman–Crippen MR) is 115 cm³/mol. The molecule has 1 aromatic heterocycles. The van der Waals surface area contributed by atoms with Gasteiger partial charge in [0.15, 0.2) is 0 Å². The molecule has 6 heteroatoms. The summed E-state index contributed by atoms with van der Waals surface area (Å²) in [5, 5.41) is 14.6. The summed E-state index contributed by atoms with van der Waals surface area (Å²) >= 11 is 0. The van der Waals surface area contributed by atoms with Gasteiger partial charge in [-0.1, -0.05) is 26.8 Å². The minimum atomic E-state index is 0.439. The minimum absolute atomic E-state index is 0.439. The fraction of sp³-hybridized carbons (Fsp3) is 0.500. The summed E-state index contributed by atoms with van der Waals surface area (Å²) in [4.78, 5) is 11.7. The van der Waals surface area contributed by atoms with Crippen LogP contribution in [0.3, 0.4) is 0 Å². The monoisotopic (exact) mass is 380 g/mol. The first kappa shape index (κ1) is 20.1. The lowest BCUT2D eigenvalue weighted by atomic mass is 10.1. The summed E-state index contributed by atoms with van der Waals surface area (Å²) < 4.78 is 0. The van der Waals surface area contributed by atoms with Crippen molar-refractivity contribution >= 4 is 12.1 Å². The van der Waals surface area contributed by atoms with Gasteiger partial charge in [-0.2, -0.15) is 0 Å². The van der Waals surface area contributed by atoms with Crippen molar-refractivity contribution in [1.82, 2.24) is 20.5 Å². The number of rotatable bonds is 6. The Hall–Kier alpha value is -2.63. The van der Waals surface area contributed by atoms with Crippen molar-refractivity contribution in [2.24, 2.45) is 4.99 Å². The second kappa shape index (κ2) is 9.53. The molecule has 0 unspecified atom stereocenters. The number of aromatic nitrogens is 1. The average molecular weight is 381 g/mol. The molecule has 0 amide bonds. The van der Waals surface area contributed by atoms with Gasteiger partial charge in [-0.3, -0.25) is 4.98 Å². The second-order valence-electron chi connectivity index (χ2n) is 7.67. The molecule has 1 aromatic rings. The number of hydrogen-bond donors (Lipinski definition) is 3. The van der Waals surface area contributed by atoms with E-state index in [-0.39, 0.29) is 0 Å². The summed E-state index contributed by atoms with van der Waals surface area (Å²) in [7, 11) is 0. The normalized spacial score (nSPS) is 18.9. The molecule has 1 saturated heterocycles. The Labute approximate surface area is 168 Å². The third-order valence-corrected chi connectivity index (χ3v) is 5.21. The topological polar surface area (TPSA) is 76.4 Å². The van der Waals surface area contributed by atoms with Crippen LogP contribution in [-0.2, 0) is 6.54 Å². The first-order valence-electron chi connectivity index (χ1n) is 10.4. The molecule has 0 atom stereocenters. The van der Waals surface area contributed by atoms with Gasteiger partial charge in [0.05, 0.1) is 0 Å². The van der Waals surface area contributed by atoms with Crippen LogP contribution in [0.1, 0.15) is 63.6 Å². The molecule has 0 bridgehead atoms. The SMILES string of the molecule is CC/C(C=N)=C1\N=C(N2CCCCC2)C=C(NCc2ccc(C(C)C)nc2)N1. The molecule has 1 fully saturated rings. The Balaban J connectivity index is 1.76. The zero-order chi connectivity index (χ0) is 19.9. The van der Waals surface area contributed by atoms with Crippen molar-refractivity contribution in [2.45, 2.75) is 58.9 Å². The van der Waals surface area contributed by atoms with Crippen LogP contribution in [0.2, 0.25) is 0 Å². The van der Waals surface area contributed by atoms with Crippen LogP contribution >= 0.6 is 0 Å². The van der Waals surface area contributed by atoms with E-state index in [1.165, 1.54) is 25.5 Å². The Kier molecular flexibility index (Phi) is 6.85. The summed E-state index contributed by atoms with van der Waals surface area (Å²) in [5.41, 5.74) is 3.16. The number of hydrogen-bond acceptors (Lipinski definition) is 6. The molecule has 3 N–H and O–H groups in total. The summed E-state index contributed by atoms with van der Waals surface area (Å²) in [6.45, 7) is 9.14. The predicted octanol–water partition coefficient (Wildman–Crippen LogP) is 3.89. The van der Waals surface area contributed by atoms with Gasteiger partial charge in [-0.15, -0.1) is 0 Å². The molecule has 2 aliphatic heterocycles. The Bertz CT molecular complexity index is 767. The number of nitrogens with zero attached hydrogens (tertiary/aromatic N) is 3. The number of likely N-dealkylation sites (tertiary alicyclic amines) is 1. The van der Waals surface area contributed by atoms with Crippen LogP contribution in [0.25, 0.3) is 0 Å². The fourth-order valence-electron chi connectivity index (χ4n) is 3.42. The van der Waals surface area contributed by atoms with E-state index in [1.807, 2.05) is 6.20 Å². The van der Waals surface area contributed by atoms with Gasteiger partial charge in [0.25, 0.3) is 0 Å². The standard InChI is InChI=1S/C22H32N6/c1-4-18(13-23)22-26-20(12-21(27-22)28-10-6-5-7-11-28)25-15-17-8-9-19(16(2)3)24-14-17/h8-9,12-14,16,23,25-26H,4-7,10-11,15H2,1-3H3/b22-18+,23-13?. The molecule has 150 valence electrons. The number of aliphatic imine (C=N–C) groups is 1. The van der Waals surface area contributed by atoms with E-state index in [2.05, 4.69) is 59.5 Å². The maximum atomic E-state index is 7.71. The van der Waals surface area contributed by atoms with Gasteiger partial charge in [-0.25, -0.2) is 4.99 Å². The number of allylic oxidation sites excluding steroid dienone is 1. The van der Waals surface area contributed by atoms with E-state index >= 15 is 0 Å². The number of pyridine rings is 1. The zero-order valence-corrected chi connectivity index (χ0v) is 17.3. The maximum Gasteiger partial charge on any atom is 0.138 e. The van der Waals surface area contributed by atoms with Crippen molar-refractivity contribution in [3.05, 3.63) is 52.9 Å². The minimum Gasteiger partial charge on any atom is -0.367 e. The quantitative estimate of drug-likeness (QED) is 0.654. The molecule has 0 aliphatic carbocycles. The molecule has 3 rings (SSSR count). The number of amidine groups is 1. The van der Waals surface area contributed by atoms with Crippen molar-refractivity contribution in [1.29, 1.82) is 5.41 Å². The highest BCUT2D eigenvalue weighted by atomic mass is 15.3. The van der Waals surface area contributed by atoms with E-state index in [4.69, 9.17) is 10.4 Å². The highest BCUT2D eigenvalue weighted by Gasteiger charge is 2.19. The highest BCUT2D eigenvalue weighted by molar-refractivity contribution is 5.95. The maximum absolute atomic E-state index is 7.71. The smallest absolute Gasteiger partial charge is 0.138 e. The molecule has 3 heterocycles. The number of piperidine rings is 1. The van der Waals surface area contributed by atoms with Gasteiger partial charge in [0.2, 0.25) is 0 Å². The Morgan fingerprint density at radius 2 is 2.07 bits per heavy atom. The molecule has 0 aromatic carbocycles. The molecule has 0 spiro atoms. The molecule has 2 aliphatic rings. The second-order valence-corrected chi connectivity index (χ2v) is 7.67. The van der Waals surface area contributed by atoms with Crippen molar-refractivity contribution < 1.29 is 0 Å². The fourth-order valence-corrected chi connectivity index (χ4v) is 3.42. The average Bonchev–Trinajstić information content (AvgIpc) is 2.74. The summed E-state index contributed by atoms with van der Waals surface area (Å²) in [6, 6.07) is 4.23. The lowest BCUT2D eigenvalue weighted by Gasteiger charge is -2.31. The van der Waals surface area contributed by atoms with Crippen LogP contribution in [0.4, 0.5) is 0 Å². The third-order valence-electron chi connectivity index (χ3n) is 5.21. The van der Waals surface area contributed by atoms with E-state index in [0.29, 0.717) is 12.5 Å². The van der Waals surface area contributed by atoms with Gasteiger partial charge < -0.3 is 20.9 Å².